The molecule has 0 unspecified atom stereocenters. The van der Waals surface area contributed by atoms with Crippen molar-refractivity contribution in [3.05, 3.63) is 56.7 Å². The molecule has 114 valence electrons. The number of nitrogens with one attached hydrogen (secondary N) is 4. The number of amides is 1. The van der Waals surface area contributed by atoms with Gasteiger partial charge in [0.2, 0.25) is 5.82 Å². The minimum Gasteiger partial charge on any atom is -0.355 e. The highest BCUT2D eigenvalue weighted by atomic mass is 16.2. The Morgan fingerprint density at radius 3 is 2.68 bits per heavy atom. The normalized spacial score (nSPS) is 11.0. The molecule has 22 heavy (non-hydrogen) atoms. The van der Waals surface area contributed by atoms with Gasteiger partial charge in [-0.3, -0.25) is 14.6 Å². The Morgan fingerprint density at radius 1 is 1.27 bits per heavy atom. The molecule has 0 atom stereocenters. The van der Waals surface area contributed by atoms with E-state index in [0.29, 0.717) is 5.71 Å². The second kappa shape index (κ2) is 6.97. The second-order valence-electron chi connectivity index (χ2n) is 4.31. The number of rotatable bonds is 5. The Bertz CT molecular complexity index is 793. The van der Waals surface area contributed by atoms with E-state index in [1.807, 2.05) is 35.3 Å². The van der Waals surface area contributed by atoms with Crippen molar-refractivity contribution in [3.8, 4) is 0 Å². The van der Waals surface area contributed by atoms with Gasteiger partial charge >= 0.3 is 5.69 Å². The topological polar surface area (TPSA) is 132 Å². The lowest BCUT2D eigenvalue weighted by Crippen LogP contribution is -2.32. The van der Waals surface area contributed by atoms with E-state index in [-0.39, 0.29) is 12.4 Å². The molecule has 1 aromatic heterocycles. The van der Waals surface area contributed by atoms with Gasteiger partial charge < -0.3 is 5.32 Å². The van der Waals surface area contributed by atoms with Crippen molar-refractivity contribution in [3.63, 3.8) is 0 Å². The van der Waals surface area contributed by atoms with Gasteiger partial charge in [0.15, 0.2) is 0 Å². The van der Waals surface area contributed by atoms with Crippen LogP contribution in [0.2, 0.25) is 0 Å². The number of aromatic amines is 2. The van der Waals surface area contributed by atoms with E-state index in [4.69, 9.17) is 0 Å². The molecule has 0 aliphatic heterocycles. The Labute approximate surface area is 124 Å². The van der Waals surface area contributed by atoms with Crippen LogP contribution in [0, 0.1) is 0 Å². The molecule has 2 aromatic rings. The molecule has 0 aliphatic carbocycles. The molecule has 4 N–H and O–H groups in total. The summed E-state index contributed by atoms with van der Waals surface area (Å²) >= 11 is 0. The van der Waals surface area contributed by atoms with Gasteiger partial charge in [-0.15, -0.1) is 5.10 Å². The summed E-state index contributed by atoms with van der Waals surface area (Å²) in [5.41, 5.74) is 2.46. The van der Waals surface area contributed by atoms with E-state index in [9.17, 15) is 14.4 Å². The lowest BCUT2D eigenvalue weighted by molar-refractivity contribution is -0.119. The van der Waals surface area contributed by atoms with Gasteiger partial charge in [0, 0.05) is 0 Å². The summed E-state index contributed by atoms with van der Waals surface area (Å²) in [5, 5.41) is 12.0. The van der Waals surface area contributed by atoms with Gasteiger partial charge in [-0.05, 0) is 12.5 Å². The first kappa shape index (κ1) is 15.2. The predicted octanol–water partition coefficient (Wildman–Crippen LogP) is -0.589. The maximum absolute atomic E-state index is 11.6. The van der Waals surface area contributed by atoms with Crippen LogP contribution in [0.25, 0.3) is 0 Å². The zero-order valence-electron chi connectivity index (χ0n) is 11.7. The van der Waals surface area contributed by atoms with Crippen LogP contribution >= 0.6 is 0 Å². The molecule has 0 spiro atoms. The van der Waals surface area contributed by atoms with Crippen molar-refractivity contribution in [1.82, 2.24) is 20.6 Å². The quantitative estimate of drug-likeness (QED) is 0.433. The Hall–Kier alpha value is -3.23. The third-order valence-electron chi connectivity index (χ3n) is 2.67. The van der Waals surface area contributed by atoms with Crippen molar-refractivity contribution < 1.29 is 4.79 Å². The summed E-state index contributed by atoms with van der Waals surface area (Å²) in [7, 11) is 0. The molecule has 0 aliphatic rings. The van der Waals surface area contributed by atoms with Crippen LogP contribution in [0.3, 0.4) is 0 Å². The van der Waals surface area contributed by atoms with Crippen molar-refractivity contribution in [1.29, 1.82) is 0 Å². The SMILES string of the molecule is CC(=NNC(=O)CNc1n[nH]c(=O)[nH]c1=O)c1ccccc1. The number of nitrogens with zero attached hydrogens (tertiary/aromatic N) is 2. The van der Waals surface area contributed by atoms with Gasteiger partial charge in [-0.25, -0.2) is 15.3 Å². The first-order chi connectivity index (χ1) is 10.6. The molecule has 0 saturated carbocycles. The van der Waals surface area contributed by atoms with E-state index in [1.165, 1.54) is 0 Å². The van der Waals surface area contributed by atoms with Crippen molar-refractivity contribution in [2.24, 2.45) is 5.10 Å². The first-order valence-electron chi connectivity index (χ1n) is 6.37. The van der Waals surface area contributed by atoms with Gasteiger partial charge in [-0.2, -0.15) is 5.10 Å². The van der Waals surface area contributed by atoms with E-state index >= 15 is 0 Å². The standard InChI is InChI=1S/C13H14N6O3/c1-8(9-5-3-2-4-6-9)16-17-10(20)7-14-11-12(21)15-13(22)19-18-11/h2-6H,7H2,1H3,(H,14,18)(H,17,20)(H2,15,19,21,22). The third-order valence-corrected chi connectivity index (χ3v) is 2.67. The molecule has 0 radical (unpaired) electrons. The summed E-state index contributed by atoms with van der Waals surface area (Å²) in [4.78, 5) is 35.8. The van der Waals surface area contributed by atoms with Crippen LogP contribution in [0.15, 0.2) is 45.0 Å². The molecule has 1 aromatic carbocycles. The highest BCUT2D eigenvalue weighted by molar-refractivity contribution is 5.99. The molecular weight excluding hydrogens is 288 g/mol. The summed E-state index contributed by atoms with van der Waals surface area (Å²) in [6, 6.07) is 9.35. The maximum atomic E-state index is 11.6. The fourth-order valence-electron chi connectivity index (χ4n) is 1.56. The van der Waals surface area contributed by atoms with Crippen molar-refractivity contribution in [2.75, 3.05) is 11.9 Å². The molecule has 2 rings (SSSR count). The number of anilines is 1. The first-order valence-corrected chi connectivity index (χ1v) is 6.37. The lowest BCUT2D eigenvalue weighted by atomic mass is 10.1. The highest BCUT2D eigenvalue weighted by Gasteiger charge is 2.05. The molecule has 9 heteroatoms. The molecule has 1 amide bonds. The zero-order chi connectivity index (χ0) is 15.9. The van der Waals surface area contributed by atoms with E-state index in [2.05, 4.69) is 26.0 Å². The number of carbonyl (C=O) groups excluding carboxylic acids is 1. The molecule has 0 bridgehead atoms. The van der Waals surface area contributed by atoms with Crippen LogP contribution < -0.4 is 22.0 Å². The molecule has 9 nitrogen and oxygen atoms in total. The molecule has 0 saturated heterocycles. The Kier molecular flexibility index (Phi) is 4.81. The minimum absolute atomic E-state index is 0.154. The maximum Gasteiger partial charge on any atom is 0.342 e. The monoisotopic (exact) mass is 302 g/mol. The number of hydrazone groups is 1. The summed E-state index contributed by atoms with van der Waals surface area (Å²) in [6.45, 7) is 1.55. The smallest absolute Gasteiger partial charge is 0.342 e. The number of hydrogen-bond acceptors (Lipinski definition) is 6. The average Bonchev–Trinajstić information content (AvgIpc) is 2.52. The van der Waals surface area contributed by atoms with Crippen LogP contribution in [-0.4, -0.2) is 33.3 Å². The fraction of sp³-hybridized carbons (Fsp3) is 0.154. The largest absolute Gasteiger partial charge is 0.355 e. The summed E-state index contributed by atoms with van der Waals surface area (Å²) < 4.78 is 0. The van der Waals surface area contributed by atoms with Crippen molar-refractivity contribution >= 4 is 17.4 Å². The number of hydrogen-bond donors (Lipinski definition) is 4. The Balaban J connectivity index is 1.91. The number of H-pyrrole nitrogens is 2. The zero-order valence-corrected chi connectivity index (χ0v) is 11.7. The van der Waals surface area contributed by atoms with Gasteiger partial charge in [0.1, 0.15) is 0 Å². The average molecular weight is 302 g/mol. The van der Waals surface area contributed by atoms with Crippen LogP contribution in [0.4, 0.5) is 5.82 Å². The number of carbonyl (C=O) groups is 1. The van der Waals surface area contributed by atoms with Crippen molar-refractivity contribution in [2.45, 2.75) is 6.92 Å². The predicted molar refractivity (Wildman–Crippen MR) is 80.8 cm³/mol. The van der Waals surface area contributed by atoms with Gasteiger partial charge in [-0.1, -0.05) is 30.3 Å². The lowest BCUT2D eigenvalue weighted by Gasteiger charge is -2.04. The third kappa shape index (κ3) is 4.13. The molecular formula is C13H14N6O3. The van der Waals surface area contributed by atoms with Crippen LogP contribution in [-0.2, 0) is 4.79 Å². The highest BCUT2D eigenvalue weighted by Crippen LogP contribution is 1.99. The second-order valence-corrected chi connectivity index (χ2v) is 4.31. The summed E-state index contributed by atoms with van der Waals surface area (Å²) in [5.74, 6) is -0.610. The number of aromatic nitrogens is 3. The molecule has 0 fully saturated rings. The van der Waals surface area contributed by atoms with E-state index < -0.39 is 17.2 Å². The Morgan fingerprint density at radius 2 is 2.00 bits per heavy atom. The number of benzene rings is 1. The van der Waals surface area contributed by atoms with Gasteiger partial charge in [0.25, 0.3) is 11.5 Å². The molecule has 1 heterocycles. The van der Waals surface area contributed by atoms with E-state index in [1.54, 1.807) is 6.92 Å². The van der Waals surface area contributed by atoms with E-state index in [0.717, 1.165) is 5.56 Å². The minimum atomic E-state index is -0.719. The summed E-state index contributed by atoms with van der Waals surface area (Å²) in [6.07, 6.45) is 0. The van der Waals surface area contributed by atoms with Crippen LogP contribution in [0.1, 0.15) is 12.5 Å². The van der Waals surface area contributed by atoms with Gasteiger partial charge in [0.05, 0.1) is 12.3 Å². The van der Waals surface area contributed by atoms with Crippen LogP contribution in [0.5, 0.6) is 0 Å². The fourth-order valence-corrected chi connectivity index (χ4v) is 1.56.